The minimum atomic E-state index is 0.0395. The molecule has 0 fully saturated rings. The summed E-state index contributed by atoms with van der Waals surface area (Å²) in [6, 6.07) is 18.2. The van der Waals surface area contributed by atoms with Crippen LogP contribution in [-0.2, 0) is 4.79 Å². The van der Waals surface area contributed by atoms with E-state index in [1.807, 2.05) is 49.5 Å². The van der Waals surface area contributed by atoms with Gasteiger partial charge < -0.3 is 15.5 Å². The molecule has 0 atom stereocenters. The Balaban J connectivity index is 1.74. The monoisotopic (exact) mass is 348 g/mol. The summed E-state index contributed by atoms with van der Waals surface area (Å²) >= 11 is 0. The Morgan fingerprint density at radius 3 is 2.31 bits per heavy atom. The lowest BCUT2D eigenvalue weighted by Crippen LogP contribution is -2.40. The highest BCUT2D eigenvalue weighted by Gasteiger charge is 2.23. The van der Waals surface area contributed by atoms with Gasteiger partial charge in [0.2, 0.25) is 5.91 Å². The lowest BCUT2D eigenvalue weighted by molar-refractivity contribution is -0.128. The summed E-state index contributed by atoms with van der Waals surface area (Å²) in [5.74, 6) is 0.366. The van der Waals surface area contributed by atoms with Crippen molar-refractivity contribution >= 4 is 17.4 Å². The van der Waals surface area contributed by atoms with Crippen LogP contribution in [0.1, 0.15) is 13.3 Å². The maximum atomic E-state index is 11.7. The first-order chi connectivity index (χ1) is 12.6. The van der Waals surface area contributed by atoms with Crippen molar-refractivity contribution in [2.45, 2.75) is 13.3 Å². The molecule has 5 heteroatoms. The molecule has 1 aliphatic rings. The van der Waals surface area contributed by atoms with Gasteiger partial charge in [-0.05, 0) is 23.3 Å². The number of carbonyl (C=O) groups excluding carboxylic acids is 1. The molecule has 3 rings (SSSR count). The second-order valence-electron chi connectivity index (χ2n) is 6.34. The van der Waals surface area contributed by atoms with Crippen LogP contribution in [0.15, 0.2) is 65.9 Å². The van der Waals surface area contributed by atoms with E-state index in [-0.39, 0.29) is 5.91 Å². The van der Waals surface area contributed by atoms with Gasteiger partial charge in [-0.2, -0.15) is 0 Å². The zero-order valence-electron chi connectivity index (χ0n) is 15.2. The van der Waals surface area contributed by atoms with Crippen LogP contribution in [0.5, 0.6) is 0 Å². The first kappa shape index (κ1) is 17.7. The Labute approximate surface area is 154 Å². The second-order valence-corrected chi connectivity index (χ2v) is 6.34. The van der Waals surface area contributed by atoms with Crippen LogP contribution in [-0.4, -0.2) is 36.8 Å². The largest absolute Gasteiger partial charge is 0.391 e. The number of hydrogen-bond acceptors (Lipinski definition) is 3. The minimum Gasteiger partial charge on any atom is -0.391 e. The number of nitrogens with zero attached hydrogens (tertiary/aromatic N) is 1. The fourth-order valence-corrected chi connectivity index (χ4v) is 3.13. The van der Waals surface area contributed by atoms with Gasteiger partial charge in [0.1, 0.15) is 5.84 Å². The fourth-order valence-electron chi connectivity index (χ4n) is 3.13. The lowest BCUT2D eigenvalue weighted by Gasteiger charge is -2.30. The van der Waals surface area contributed by atoms with E-state index < -0.39 is 0 Å². The van der Waals surface area contributed by atoms with Gasteiger partial charge >= 0.3 is 0 Å². The van der Waals surface area contributed by atoms with Crippen LogP contribution in [0.25, 0.3) is 11.1 Å². The Morgan fingerprint density at radius 2 is 1.69 bits per heavy atom. The normalized spacial score (nSPS) is 14.2. The molecule has 5 nitrogen and oxygen atoms in total. The molecule has 1 amide bonds. The van der Waals surface area contributed by atoms with Gasteiger partial charge in [-0.25, -0.2) is 0 Å². The number of benzene rings is 2. The molecule has 2 aromatic rings. The molecule has 0 bridgehead atoms. The summed E-state index contributed by atoms with van der Waals surface area (Å²) in [6.07, 6.45) is 0.739. The lowest BCUT2D eigenvalue weighted by atomic mass is 10.0. The first-order valence-electron chi connectivity index (χ1n) is 8.75. The third-order valence-corrected chi connectivity index (χ3v) is 4.66. The third kappa shape index (κ3) is 3.94. The highest BCUT2D eigenvalue weighted by Crippen LogP contribution is 2.22. The van der Waals surface area contributed by atoms with Crippen LogP contribution >= 0.6 is 0 Å². The van der Waals surface area contributed by atoms with E-state index >= 15 is 0 Å². The highest BCUT2D eigenvalue weighted by molar-refractivity contribution is 6.07. The number of nitrogens with one attached hydrogen (secondary N) is 3. The molecular formula is C21H24N4O. The van der Waals surface area contributed by atoms with Gasteiger partial charge in [0.25, 0.3) is 0 Å². The fraction of sp³-hybridized carbons (Fsp3) is 0.238. The average Bonchev–Trinajstić information content (AvgIpc) is 2.68. The smallest absolute Gasteiger partial charge is 0.219 e. The number of carbonyl (C=O) groups is 1. The van der Waals surface area contributed by atoms with Crippen molar-refractivity contribution in [3.8, 4) is 11.1 Å². The zero-order valence-corrected chi connectivity index (χ0v) is 15.2. The zero-order chi connectivity index (χ0) is 18.5. The van der Waals surface area contributed by atoms with Crippen LogP contribution < -0.4 is 10.6 Å². The summed E-state index contributed by atoms with van der Waals surface area (Å²) in [5.41, 5.74) is 5.01. The summed E-state index contributed by atoms with van der Waals surface area (Å²) in [6.45, 7) is 2.72. The summed E-state index contributed by atoms with van der Waals surface area (Å²) in [4.78, 5) is 13.5. The molecule has 1 aliphatic heterocycles. The van der Waals surface area contributed by atoms with E-state index in [0.29, 0.717) is 18.9 Å². The topological polar surface area (TPSA) is 68.2 Å². The molecule has 0 saturated heterocycles. The van der Waals surface area contributed by atoms with E-state index in [2.05, 4.69) is 22.8 Å². The molecule has 2 aromatic carbocycles. The Hall–Kier alpha value is -3.08. The van der Waals surface area contributed by atoms with Crippen molar-refractivity contribution in [2.75, 3.05) is 25.5 Å². The first-order valence-corrected chi connectivity index (χ1v) is 8.75. The molecule has 0 spiro atoms. The molecule has 0 aromatic heterocycles. The molecule has 0 radical (unpaired) electrons. The van der Waals surface area contributed by atoms with E-state index in [0.717, 1.165) is 28.9 Å². The SMILES string of the molecule is CNC1=C(C(=N)Nc2ccc(-c3ccccc3)cc2)CN(C(C)=O)CC1. The van der Waals surface area contributed by atoms with Crippen molar-refractivity contribution in [2.24, 2.45) is 0 Å². The maximum Gasteiger partial charge on any atom is 0.219 e. The summed E-state index contributed by atoms with van der Waals surface area (Å²) in [7, 11) is 1.86. The van der Waals surface area contributed by atoms with Crippen LogP contribution in [0.2, 0.25) is 0 Å². The van der Waals surface area contributed by atoms with Crippen molar-refractivity contribution in [1.82, 2.24) is 10.2 Å². The van der Waals surface area contributed by atoms with Gasteiger partial charge in [-0.15, -0.1) is 0 Å². The standard InChI is InChI=1S/C21H24N4O/c1-15(26)25-13-12-20(23-2)19(14-25)21(22)24-18-10-8-17(9-11-18)16-6-4-3-5-7-16/h3-11,23H,12-14H2,1-2H3,(H2,22,24). The number of amidine groups is 1. The Morgan fingerprint density at radius 1 is 1.04 bits per heavy atom. The molecule has 1 heterocycles. The van der Waals surface area contributed by atoms with Gasteiger partial charge in [0.05, 0.1) is 6.54 Å². The van der Waals surface area contributed by atoms with Crippen LogP contribution in [0.3, 0.4) is 0 Å². The van der Waals surface area contributed by atoms with E-state index in [4.69, 9.17) is 5.41 Å². The molecule has 26 heavy (non-hydrogen) atoms. The quantitative estimate of drug-likeness (QED) is 0.585. The highest BCUT2D eigenvalue weighted by atomic mass is 16.2. The van der Waals surface area contributed by atoms with Gasteiger partial charge in [-0.1, -0.05) is 42.5 Å². The minimum absolute atomic E-state index is 0.0395. The van der Waals surface area contributed by atoms with Gasteiger partial charge in [0, 0.05) is 43.9 Å². The second kappa shape index (κ2) is 7.87. The number of rotatable bonds is 4. The van der Waals surface area contributed by atoms with Crippen molar-refractivity contribution in [3.05, 3.63) is 65.9 Å². The van der Waals surface area contributed by atoms with Crippen molar-refractivity contribution in [3.63, 3.8) is 0 Å². The molecule has 0 saturated carbocycles. The molecule has 134 valence electrons. The molecule has 3 N–H and O–H groups in total. The van der Waals surface area contributed by atoms with E-state index in [1.54, 1.807) is 11.8 Å². The third-order valence-electron chi connectivity index (χ3n) is 4.66. The Bertz CT molecular complexity index is 825. The molecular weight excluding hydrogens is 324 g/mol. The molecule has 0 aliphatic carbocycles. The number of anilines is 1. The maximum absolute atomic E-state index is 11.7. The average molecular weight is 348 g/mol. The predicted octanol–water partition coefficient (Wildman–Crippen LogP) is 3.47. The van der Waals surface area contributed by atoms with Crippen molar-refractivity contribution in [1.29, 1.82) is 5.41 Å². The summed E-state index contributed by atoms with van der Waals surface area (Å²) in [5, 5.41) is 14.8. The van der Waals surface area contributed by atoms with Crippen LogP contribution in [0, 0.1) is 5.41 Å². The van der Waals surface area contributed by atoms with E-state index in [9.17, 15) is 4.79 Å². The van der Waals surface area contributed by atoms with E-state index in [1.165, 1.54) is 5.56 Å². The number of amides is 1. The number of hydrogen-bond donors (Lipinski definition) is 3. The Kier molecular flexibility index (Phi) is 5.37. The molecule has 0 unspecified atom stereocenters. The van der Waals surface area contributed by atoms with Crippen molar-refractivity contribution < 1.29 is 4.79 Å². The van der Waals surface area contributed by atoms with Crippen LogP contribution in [0.4, 0.5) is 5.69 Å². The van der Waals surface area contributed by atoms with Gasteiger partial charge in [-0.3, -0.25) is 10.2 Å². The summed E-state index contributed by atoms with van der Waals surface area (Å²) < 4.78 is 0. The predicted molar refractivity (Wildman–Crippen MR) is 106 cm³/mol. The van der Waals surface area contributed by atoms with Gasteiger partial charge in [0.15, 0.2) is 0 Å².